The largest absolute Gasteiger partial charge is 0.478 e. The van der Waals surface area contributed by atoms with Crippen LogP contribution in [-0.4, -0.2) is 15.6 Å². The lowest BCUT2D eigenvalue weighted by atomic mass is 10.0. The van der Waals surface area contributed by atoms with E-state index in [0.29, 0.717) is 16.1 Å². The Morgan fingerprint density at radius 2 is 1.95 bits per heavy atom. The maximum atomic E-state index is 11.5. The lowest BCUT2D eigenvalue weighted by molar-refractivity contribution is 0.0697. The second kappa shape index (κ2) is 5.07. The topological polar surface area (TPSA) is 59.3 Å². The molecule has 2 aromatic rings. The number of pyridine rings is 1. The minimum absolute atomic E-state index is 0.104. The molecule has 0 fully saturated rings. The van der Waals surface area contributed by atoms with Crippen molar-refractivity contribution in [3.8, 4) is 11.1 Å². The van der Waals surface area contributed by atoms with Gasteiger partial charge in [0.15, 0.2) is 0 Å². The molecule has 0 bridgehead atoms. The Balaban J connectivity index is 2.81. The number of nitrogens with zero attached hydrogens (tertiary/aromatic N) is 1. The predicted molar refractivity (Wildman–Crippen MR) is 74.1 cm³/mol. The summed E-state index contributed by atoms with van der Waals surface area (Å²) in [6, 6.07) is 5.99. The van der Waals surface area contributed by atoms with E-state index in [0.717, 1.165) is 6.07 Å². The number of carboxylic acids is 1. The fourth-order valence-electron chi connectivity index (χ4n) is 1.73. The standard InChI is InChI=1S/C13H9Cl2NO3/c1-16-6-9(8(13(18)19)5-11(16)17)7-3-2-4-10(14)12(7)15/h2-6H,1H3,(H,18,19). The second-order valence-electron chi connectivity index (χ2n) is 3.96. The van der Waals surface area contributed by atoms with Crippen molar-refractivity contribution in [3.05, 3.63) is 56.4 Å². The third-order valence-corrected chi connectivity index (χ3v) is 3.52. The molecule has 0 unspecified atom stereocenters. The second-order valence-corrected chi connectivity index (χ2v) is 4.74. The van der Waals surface area contributed by atoms with Gasteiger partial charge in [0, 0.05) is 30.4 Å². The van der Waals surface area contributed by atoms with Gasteiger partial charge in [-0.05, 0) is 6.07 Å². The van der Waals surface area contributed by atoms with Gasteiger partial charge in [-0.25, -0.2) is 4.79 Å². The van der Waals surface area contributed by atoms with Crippen LogP contribution in [0.4, 0.5) is 0 Å². The summed E-state index contributed by atoms with van der Waals surface area (Å²) >= 11 is 12.0. The molecule has 0 radical (unpaired) electrons. The molecule has 0 atom stereocenters. The molecule has 0 saturated heterocycles. The first-order valence-corrected chi connectivity index (χ1v) is 6.05. The molecule has 1 N–H and O–H groups in total. The third-order valence-electron chi connectivity index (χ3n) is 2.70. The molecule has 4 nitrogen and oxygen atoms in total. The molecular weight excluding hydrogens is 289 g/mol. The summed E-state index contributed by atoms with van der Waals surface area (Å²) < 4.78 is 1.29. The summed E-state index contributed by atoms with van der Waals surface area (Å²) in [5.74, 6) is -1.19. The van der Waals surface area contributed by atoms with E-state index in [1.54, 1.807) is 18.2 Å². The Hall–Kier alpha value is -1.78. The molecule has 0 aliphatic rings. The van der Waals surface area contributed by atoms with Gasteiger partial charge in [-0.1, -0.05) is 35.3 Å². The SMILES string of the molecule is Cn1cc(-c2cccc(Cl)c2Cl)c(C(=O)O)cc1=O. The first-order chi connectivity index (χ1) is 8.91. The monoisotopic (exact) mass is 297 g/mol. The number of aromatic nitrogens is 1. The van der Waals surface area contributed by atoms with Gasteiger partial charge in [0.05, 0.1) is 15.6 Å². The summed E-state index contributed by atoms with van der Waals surface area (Å²) in [7, 11) is 1.54. The van der Waals surface area contributed by atoms with Crippen LogP contribution in [0.2, 0.25) is 10.0 Å². The Morgan fingerprint density at radius 1 is 1.26 bits per heavy atom. The minimum atomic E-state index is -1.19. The van der Waals surface area contributed by atoms with Crippen molar-refractivity contribution >= 4 is 29.2 Å². The van der Waals surface area contributed by atoms with E-state index in [4.69, 9.17) is 23.2 Å². The van der Waals surface area contributed by atoms with Crippen molar-refractivity contribution in [1.82, 2.24) is 4.57 Å². The Kier molecular flexibility index (Phi) is 3.64. The molecule has 19 heavy (non-hydrogen) atoms. The lowest BCUT2D eigenvalue weighted by Crippen LogP contribution is -2.18. The number of rotatable bonds is 2. The summed E-state index contributed by atoms with van der Waals surface area (Å²) in [5, 5.41) is 9.76. The maximum Gasteiger partial charge on any atom is 0.336 e. The van der Waals surface area contributed by atoms with Crippen LogP contribution in [0.15, 0.2) is 35.3 Å². The molecule has 1 heterocycles. The van der Waals surface area contributed by atoms with Crippen LogP contribution in [0, 0.1) is 0 Å². The summed E-state index contributed by atoms with van der Waals surface area (Å²) in [4.78, 5) is 22.8. The van der Waals surface area contributed by atoms with E-state index in [2.05, 4.69) is 0 Å². The van der Waals surface area contributed by atoms with E-state index in [9.17, 15) is 14.7 Å². The van der Waals surface area contributed by atoms with Crippen molar-refractivity contribution < 1.29 is 9.90 Å². The highest BCUT2D eigenvalue weighted by atomic mass is 35.5. The van der Waals surface area contributed by atoms with Crippen molar-refractivity contribution in [1.29, 1.82) is 0 Å². The number of aromatic carboxylic acids is 1. The van der Waals surface area contributed by atoms with Crippen LogP contribution < -0.4 is 5.56 Å². The molecule has 0 aliphatic heterocycles. The van der Waals surface area contributed by atoms with Crippen LogP contribution in [0.3, 0.4) is 0 Å². The molecule has 0 spiro atoms. The van der Waals surface area contributed by atoms with Crippen molar-refractivity contribution in [2.24, 2.45) is 7.05 Å². The molecule has 0 amide bonds. The van der Waals surface area contributed by atoms with Gasteiger partial charge in [-0.3, -0.25) is 4.79 Å². The molecule has 0 aliphatic carbocycles. The first-order valence-electron chi connectivity index (χ1n) is 5.30. The molecule has 6 heteroatoms. The zero-order valence-electron chi connectivity index (χ0n) is 9.85. The van der Waals surface area contributed by atoms with Crippen molar-refractivity contribution in [3.63, 3.8) is 0 Å². The fraction of sp³-hybridized carbons (Fsp3) is 0.0769. The van der Waals surface area contributed by atoms with Crippen LogP contribution in [0.25, 0.3) is 11.1 Å². The van der Waals surface area contributed by atoms with Crippen LogP contribution in [-0.2, 0) is 7.05 Å². The van der Waals surface area contributed by atoms with Gasteiger partial charge in [-0.2, -0.15) is 0 Å². The van der Waals surface area contributed by atoms with E-state index < -0.39 is 11.5 Å². The van der Waals surface area contributed by atoms with Crippen LogP contribution in [0.5, 0.6) is 0 Å². The fourth-order valence-corrected chi connectivity index (χ4v) is 2.14. The zero-order chi connectivity index (χ0) is 14.2. The molecule has 1 aromatic heterocycles. The number of hydrogen-bond donors (Lipinski definition) is 1. The number of hydrogen-bond acceptors (Lipinski definition) is 2. The van der Waals surface area contributed by atoms with Crippen LogP contribution in [0.1, 0.15) is 10.4 Å². The van der Waals surface area contributed by atoms with Gasteiger partial charge in [0.25, 0.3) is 5.56 Å². The third kappa shape index (κ3) is 2.50. The Morgan fingerprint density at radius 3 is 2.58 bits per heavy atom. The summed E-state index contributed by atoms with van der Waals surface area (Å²) in [5.41, 5.74) is 0.316. The lowest BCUT2D eigenvalue weighted by Gasteiger charge is -2.10. The number of halogens is 2. The Bertz CT molecular complexity index is 722. The van der Waals surface area contributed by atoms with Gasteiger partial charge >= 0.3 is 5.97 Å². The van der Waals surface area contributed by atoms with E-state index in [-0.39, 0.29) is 10.6 Å². The molecule has 98 valence electrons. The summed E-state index contributed by atoms with van der Waals surface area (Å²) in [6.45, 7) is 0. The van der Waals surface area contributed by atoms with E-state index >= 15 is 0 Å². The zero-order valence-corrected chi connectivity index (χ0v) is 11.4. The smallest absolute Gasteiger partial charge is 0.336 e. The van der Waals surface area contributed by atoms with Crippen molar-refractivity contribution in [2.45, 2.75) is 0 Å². The maximum absolute atomic E-state index is 11.5. The molecule has 2 rings (SSSR count). The molecular formula is C13H9Cl2NO3. The van der Waals surface area contributed by atoms with E-state index in [1.165, 1.54) is 17.8 Å². The normalized spacial score (nSPS) is 10.5. The molecule has 1 aromatic carbocycles. The van der Waals surface area contributed by atoms with Crippen LogP contribution >= 0.6 is 23.2 Å². The van der Waals surface area contributed by atoms with Gasteiger partial charge in [0.2, 0.25) is 0 Å². The minimum Gasteiger partial charge on any atom is -0.478 e. The number of benzene rings is 1. The number of carbonyl (C=O) groups is 1. The highest BCUT2D eigenvalue weighted by Gasteiger charge is 2.17. The average Bonchev–Trinajstić information content (AvgIpc) is 2.35. The Labute approximate surface area is 118 Å². The average molecular weight is 298 g/mol. The highest BCUT2D eigenvalue weighted by Crippen LogP contribution is 2.34. The number of carboxylic acid groups (broad SMARTS) is 1. The predicted octanol–water partition coefficient (Wildman–Crippen LogP) is 3.06. The quantitative estimate of drug-likeness (QED) is 0.927. The van der Waals surface area contributed by atoms with Crippen molar-refractivity contribution in [2.75, 3.05) is 0 Å². The van der Waals surface area contributed by atoms with Gasteiger partial charge in [-0.15, -0.1) is 0 Å². The van der Waals surface area contributed by atoms with E-state index in [1.807, 2.05) is 0 Å². The number of aryl methyl sites for hydroxylation is 1. The first kappa shape index (κ1) is 13.6. The highest BCUT2D eigenvalue weighted by molar-refractivity contribution is 6.43. The van der Waals surface area contributed by atoms with Gasteiger partial charge in [0.1, 0.15) is 0 Å². The molecule has 0 saturated carbocycles. The van der Waals surface area contributed by atoms with Gasteiger partial charge < -0.3 is 9.67 Å². The summed E-state index contributed by atoms with van der Waals surface area (Å²) in [6.07, 6.45) is 1.43.